The summed E-state index contributed by atoms with van der Waals surface area (Å²) in [6.07, 6.45) is 7.45. The van der Waals surface area contributed by atoms with Gasteiger partial charge in [-0.3, -0.25) is 4.98 Å². The zero-order chi connectivity index (χ0) is 25.6. The molecule has 7 rings (SSSR count). The van der Waals surface area contributed by atoms with Gasteiger partial charge in [-0.25, -0.2) is 4.98 Å². The number of pyridine rings is 2. The summed E-state index contributed by atoms with van der Waals surface area (Å²) < 4.78 is 6.01. The molecule has 0 atom stereocenters. The molecule has 0 saturated heterocycles. The van der Waals surface area contributed by atoms with Crippen LogP contribution in [0.3, 0.4) is 0 Å². The lowest BCUT2D eigenvalue weighted by Gasteiger charge is -2.11. The Kier molecular flexibility index (Phi) is 5.15. The first-order valence-corrected chi connectivity index (χ1v) is 12.7. The highest BCUT2D eigenvalue weighted by molar-refractivity contribution is 6.23. The van der Waals surface area contributed by atoms with E-state index in [2.05, 4.69) is 92.4 Å². The Balaban J connectivity index is 1.30. The summed E-state index contributed by atoms with van der Waals surface area (Å²) in [6, 6.07) is 31.9. The first kappa shape index (κ1) is 22.2. The second kappa shape index (κ2) is 8.82. The van der Waals surface area contributed by atoms with Crippen molar-refractivity contribution in [1.29, 1.82) is 0 Å². The van der Waals surface area contributed by atoms with E-state index in [1.165, 1.54) is 10.8 Å². The minimum absolute atomic E-state index is 0.865. The van der Waals surface area contributed by atoms with Gasteiger partial charge in [-0.1, -0.05) is 79.4 Å². The minimum atomic E-state index is 0.865. The molecule has 3 aromatic heterocycles. The molecule has 38 heavy (non-hydrogen) atoms. The van der Waals surface area contributed by atoms with Crippen LogP contribution in [0.25, 0.3) is 72.0 Å². The SMILES string of the molecule is C=C/C=C\c1oc2ccc(-c3ccc(-c4ccc5c6ccccc6c6cccnc6c5n4)cc3)cc2c1C. The van der Waals surface area contributed by atoms with Crippen molar-refractivity contribution in [3.63, 3.8) is 0 Å². The van der Waals surface area contributed by atoms with Crippen molar-refractivity contribution in [3.8, 4) is 22.4 Å². The van der Waals surface area contributed by atoms with Crippen molar-refractivity contribution in [2.24, 2.45) is 0 Å². The Morgan fingerprint density at radius 1 is 0.684 bits per heavy atom. The quantitative estimate of drug-likeness (QED) is 0.183. The monoisotopic (exact) mass is 488 g/mol. The average molecular weight is 489 g/mol. The van der Waals surface area contributed by atoms with Crippen molar-refractivity contribution >= 4 is 49.6 Å². The number of aryl methyl sites for hydroxylation is 1. The zero-order valence-electron chi connectivity index (χ0n) is 21.0. The van der Waals surface area contributed by atoms with Gasteiger partial charge in [0.25, 0.3) is 0 Å². The van der Waals surface area contributed by atoms with E-state index in [1.54, 1.807) is 6.08 Å². The first-order chi connectivity index (χ1) is 18.7. The Labute approximate surface area is 220 Å². The molecule has 3 nitrogen and oxygen atoms in total. The largest absolute Gasteiger partial charge is 0.456 e. The van der Waals surface area contributed by atoms with E-state index in [0.29, 0.717) is 0 Å². The van der Waals surface area contributed by atoms with E-state index >= 15 is 0 Å². The summed E-state index contributed by atoms with van der Waals surface area (Å²) in [5.41, 5.74) is 8.20. The molecule has 0 radical (unpaired) electrons. The van der Waals surface area contributed by atoms with Crippen LogP contribution >= 0.6 is 0 Å². The molecular formula is C35H24N2O. The van der Waals surface area contributed by atoms with Crippen LogP contribution in [0.15, 0.2) is 120 Å². The van der Waals surface area contributed by atoms with E-state index in [4.69, 9.17) is 14.4 Å². The maximum absolute atomic E-state index is 6.01. The van der Waals surface area contributed by atoms with Gasteiger partial charge in [-0.2, -0.15) is 0 Å². The predicted molar refractivity (Wildman–Crippen MR) is 159 cm³/mol. The topological polar surface area (TPSA) is 38.9 Å². The first-order valence-electron chi connectivity index (χ1n) is 12.7. The van der Waals surface area contributed by atoms with Crippen molar-refractivity contribution in [3.05, 3.63) is 127 Å². The van der Waals surface area contributed by atoms with Gasteiger partial charge in [0.2, 0.25) is 0 Å². The third kappa shape index (κ3) is 3.52. The van der Waals surface area contributed by atoms with E-state index < -0.39 is 0 Å². The second-order valence-electron chi connectivity index (χ2n) is 9.51. The highest BCUT2D eigenvalue weighted by Gasteiger charge is 2.13. The van der Waals surface area contributed by atoms with Crippen LogP contribution in [0.1, 0.15) is 11.3 Å². The molecule has 0 unspecified atom stereocenters. The maximum atomic E-state index is 6.01. The fraction of sp³-hybridized carbons (Fsp3) is 0.0286. The van der Waals surface area contributed by atoms with Gasteiger partial charge < -0.3 is 4.42 Å². The van der Waals surface area contributed by atoms with Crippen LogP contribution in [-0.2, 0) is 0 Å². The number of hydrogen-bond donors (Lipinski definition) is 0. The highest BCUT2D eigenvalue weighted by atomic mass is 16.3. The lowest BCUT2D eigenvalue weighted by Crippen LogP contribution is -1.91. The molecule has 3 heterocycles. The van der Waals surface area contributed by atoms with Crippen LogP contribution < -0.4 is 0 Å². The molecule has 4 aromatic carbocycles. The highest BCUT2D eigenvalue weighted by Crippen LogP contribution is 2.35. The van der Waals surface area contributed by atoms with Crippen molar-refractivity contribution < 1.29 is 4.42 Å². The van der Waals surface area contributed by atoms with Gasteiger partial charge in [-0.05, 0) is 65.2 Å². The minimum Gasteiger partial charge on any atom is -0.456 e. The molecule has 0 bridgehead atoms. The molecule has 0 aliphatic rings. The van der Waals surface area contributed by atoms with Crippen LogP contribution in [0, 0.1) is 6.92 Å². The molecule has 0 spiro atoms. The van der Waals surface area contributed by atoms with Crippen molar-refractivity contribution in [2.45, 2.75) is 6.92 Å². The lowest BCUT2D eigenvalue weighted by atomic mass is 9.98. The number of furan rings is 1. The second-order valence-corrected chi connectivity index (χ2v) is 9.51. The van der Waals surface area contributed by atoms with Gasteiger partial charge in [0.15, 0.2) is 0 Å². The number of hydrogen-bond acceptors (Lipinski definition) is 3. The van der Waals surface area contributed by atoms with Gasteiger partial charge in [-0.15, -0.1) is 0 Å². The summed E-state index contributed by atoms with van der Waals surface area (Å²) >= 11 is 0. The third-order valence-electron chi connectivity index (χ3n) is 7.31. The average Bonchev–Trinajstić information content (AvgIpc) is 3.30. The van der Waals surface area contributed by atoms with E-state index in [9.17, 15) is 0 Å². The number of rotatable bonds is 4. The Bertz CT molecular complexity index is 2010. The fourth-order valence-corrected chi connectivity index (χ4v) is 5.35. The van der Waals surface area contributed by atoms with Gasteiger partial charge in [0.05, 0.1) is 16.7 Å². The molecular weight excluding hydrogens is 464 g/mol. The van der Waals surface area contributed by atoms with Crippen LogP contribution in [-0.4, -0.2) is 9.97 Å². The van der Waals surface area contributed by atoms with Crippen molar-refractivity contribution in [1.82, 2.24) is 9.97 Å². The molecule has 0 aliphatic heterocycles. The zero-order valence-corrected chi connectivity index (χ0v) is 21.0. The summed E-state index contributed by atoms with van der Waals surface area (Å²) in [6.45, 7) is 5.84. The Morgan fingerprint density at radius 3 is 2.18 bits per heavy atom. The van der Waals surface area contributed by atoms with Crippen molar-refractivity contribution in [2.75, 3.05) is 0 Å². The number of allylic oxidation sites excluding steroid dienone is 2. The molecule has 0 amide bonds. The van der Waals surface area contributed by atoms with E-state index in [1.807, 2.05) is 30.5 Å². The number of aromatic nitrogens is 2. The molecule has 0 aliphatic carbocycles. The van der Waals surface area contributed by atoms with Gasteiger partial charge in [0.1, 0.15) is 11.3 Å². The molecule has 3 heteroatoms. The van der Waals surface area contributed by atoms with Gasteiger partial charge >= 0.3 is 0 Å². The number of benzene rings is 4. The smallest absolute Gasteiger partial charge is 0.135 e. The lowest BCUT2D eigenvalue weighted by molar-refractivity contribution is 0.601. The molecule has 0 fully saturated rings. The van der Waals surface area contributed by atoms with Gasteiger partial charge in [0, 0.05) is 33.5 Å². The predicted octanol–water partition coefficient (Wildman–Crippen LogP) is 9.52. The Morgan fingerprint density at radius 2 is 1.39 bits per heavy atom. The van der Waals surface area contributed by atoms with Crippen LogP contribution in [0.4, 0.5) is 0 Å². The molecule has 0 saturated carbocycles. The molecule has 0 N–H and O–H groups in total. The number of nitrogens with zero attached hydrogens (tertiary/aromatic N) is 2. The maximum Gasteiger partial charge on any atom is 0.135 e. The third-order valence-corrected chi connectivity index (χ3v) is 7.31. The standard InChI is InChI=1S/C35H24N2O/c1-3-4-11-32-22(2)30-21-25(16-19-33(30)38-32)23-12-14-24(15-13-23)31-18-17-29-27-9-6-5-8-26(27)28-10-7-20-36-34(28)35(29)37-31/h3-21H,1H2,2H3/b11-4-. The molecule has 7 aromatic rings. The molecule has 180 valence electrons. The summed E-state index contributed by atoms with van der Waals surface area (Å²) in [5, 5.41) is 5.78. The Hall–Kier alpha value is -5.02. The van der Waals surface area contributed by atoms with E-state index in [0.717, 1.165) is 66.5 Å². The normalized spacial score (nSPS) is 11.8. The van der Waals surface area contributed by atoms with Crippen LogP contribution in [0.5, 0.6) is 0 Å². The summed E-state index contributed by atoms with van der Waals surface area (Å²) in [7, 11) is 0. The summed E-state index contributed by atoms with van der Waals surface area (Å²) in [4.78, 5) is 9.84. The van der Waals surface area contributed by atoms with Crippen LogP contribution in [0.2, 0.25) is 0 Å². The number of fused-ring (bicyclic) bond motifs is 7. The summed E-state index contributed by atoms with van der Waals surface area (Å²) in [5.74, 6) is 0.865. The van der Waals surface area contributed by atoms with E-state index in [-0.39, 0.29) is 0 Å². The fourth-order valence-electron chi connectivity index (χ4n) is 5.35.